The molecule has 0 unspecified atom stereocenters. The highest BCUT2D eigenvalue weighted by atomic mass is 35.5. The number of rotatable bonds is 16. The molecular formula is C39H54ClN3. The first kappa shape index (κ1) is 34.7. The first-order chi connectivity index (χ1) is 20.7. The molecule has 4 heteroatoms. The maximum Gasteiger partial charge on any atom is 0.0864 e. The third-order valence-electron chi connectivity index (χ3n) is 8.11. The number of halogens is 1. The van der Waals surface area contributed by atoms with Crippen molar-refractivity contribution in [3.63, 3.8) is 0 Å². The molecule has 3 rings (SSSR count). The smallest absolute Gasteiger partial charge is 0.0864 e. The first-order valence-corrected chi connectivity index (χ1v) is 17.1. The van der Waals surface area contributed by atoms with Gasteiger partial charge in [0.1, 0.15) is 0 Å². The van der Waals surface area contributed by atoms with Gasteiger partial charge in [0.05, 0.1) is 34.2 Å². The van der Waals surface area contributed by atoms with Crippen molar-refractivity contribution < 1.29 is 0 Å². The van der Waals surface area contributed by atoms with Crippen LogP contribution in [-0.4, -0.2) is 16.4 Å². The van der Waals surface area contributed by atoms with E-state index in [2.05, 4.69) is 79.7 Å². The Morgan fingerprint density at radius 1 is 0.558 bits per heavy atom. The van der Waals surface area contributed by atoms with Crippen LogP contribution in [0, 0.1) is 13.8 Å². The number of hydrogen-bond donors (Lipinski definition) is 0. The molecule has 0 aliphatic carbocycles. The second-order valence-corrected chi connectivity index (χ2v) is 12.7. The third-order valence-corrected chi connectivity index (χ3v) is 8.33. The van der Waals surface area contributed by atoms with Gasteiger partial charge < -0.3 is 0 Å². The lowest BCUT2D eigenvalue weighted by atomic mass is 9.96. The largest absolute Gasteiger partial charge is 0.251 e. The molecule has 0 radical (unpaired) electrons. The van der Waals surface area contributed by atoms with Crippen molar-refractivity contribution in [2.75, 3.05) is 0 Å². The van der Waals surface area contributed by atoms with Crippen LogP contribution in [0.15, 0.2) is 46.4 Å². The van der Waals surface area contributed by atoms with E-state index in [0.29, 0.717) is 5.02 Å². The lowest BCUT2D eigenvalue weighted by Gasteiger charge is -2.15. The Labute approximate surface area is 267 Å². The molecule has 0 N–H and O–H groups in total. The predicted molar refractivity (Wildman–Crippen MR) is 190 cm³/mol. The van der Waals surface area contributed by atoms with Gasteiger partial charge in [-0.25, -0.2) is 4.98 Å². The lowest BCUT2D eigenvalue weighted by Crippen LogP contribution is -2.07. The maximum atomic E-state index is 6.73. The highest BCUT2D eigenvalue weighted by molar-refractivity contribution is 6.31. The van der Waals surface area contributed by atoms with E-state index in [1.807, 2.05) is 12.1 Å². The number of hydrogen-bond acceptors (Lipinski definition) is 3. The molecule has 0 spiro atoms. The molecule has 0 amide bonds. The minimum absolute atomic E-state index is 0.659. The Hall–Kier alpha value is -2.78. The van der Waals surface area contributed by atoms with Crippen molar-refractivity contribution in [1.29, 1.82) is 0 Å². The first-order valence-electron chi connectivity index (χ1n) is 16.7. The second-order valence-electron chi connectivity index (χ2n) is 12.2. The zero-order valence-electron chi connectivity index (χ0n) is 28.2. The maximum absolute atomic E-state index is 6.73. The average molecular weight is 600 g/mol. The molecular weight excluding hydrogens is 546 g/mol. The molecule has 0 aliphatic rings. The molecule has 2 aromatic carbocycles. The van der Waals surface area contributed by atoms with Crippen LogP contribution in [0.3, 0.4) is 0 Å². The number of aryl methyl sites for hydroxylation is 6. The number of benzene rings is 2. The van der Waals surface area contributed by atoms with Gasteiger partial charge in [-0.2, -0.15) is 0 Å². The summed E-state index contributed by atoms with van der Waals surface area (Å²) in [5.74, 6) is 0. The molecule has 1 heterocycles. The molecule has 0 aliphatic heterocycles. The van der Waals surface area contributed by atoms with Gasteiger partial charge in [0.15, 0.2) is 0 Å². The Morgan fingerprint density at radius 2 is 0.860 bits per heavy atom. The molecule has 0 bridgehead atoms. The Bertz CT molecular complexity index is 1250. The van der Waals surface area contributed by atoms with Gasteiger partial charge in [-0.3, -0.25) is 9.98 Å². The summed E-state index contributed by atoms with van der Waals surface area (Å²) in [5, 5.41) is 0.659. The summed E-state index contributed by atoms with van der Waals surface area (Å²) in [6, 6.07) is 13.1. The third kappa shape index (κ3) is 10.1. The van der Waals surface area contributed by atoms with Crippen LogP contribution in [0.2, 0.25) is 5.02 Å². The second kappa shape index (κ2) is 17.5. The van der Waals surface area contributed by atoms with Crippen molar-refractivity contribution in [2.45, 2.75) is 132 Å². The van der Waals surface area contributed by atoms with E-state index in [-0.39, 0.29) is 0 Å². The van der Waals surface area contributed by atoms with E-state index in [1.165, 1.54) is 59.1 Å². The Kier molecular flexibility index (Phi) is 14.1. The zero-order valence-corrected chi connectivity index (χ0v) is 28.9. The van der Waals surface area contributed by atoms with Gasteiger partial charge in [-0.1, -0.05) is 100 Å². The fraction of sp³-hybridized carbons (Fsp3) is 0.513. The number of aliphatic imine (C=N–C) groups is 2. The summed E-state index contributed by atoms with van der Waals surface area (Å²) in [6.45, 7) is 17.5. The van der Waals surface area contributed by atoms with Crippen molar-refractivity contribution in [2.24, 2.45) is 9.98 Å². The van der Waals surface area contributed by atoms with Crippen LogP contribution >= 0.6 is 11.6 Å². The molecule has 1 aromatic heterocycles. The lowest BCUT2D eigenvalue weighted by molar-refractivity contribution is 0.780. The SMILES string of the molecule is CCCCc1cc(C)cc(CCCC)c1N=C(C)c1cc(Cl)cc(C(C)=Nc2c(CCCC)cc(C)cc2CCCC)n1. The summed E-state index contributed by atoms with van der Waals surface area (Å²) in [7, 11) is 0. The van der Waals surface area contributed by atoms with Crippen LogP contribution < -0.4 is 0 Å². The van der Waals surface area contributed by atoms with E-state index in [0.717, 1.165) is 85.6 Å². The molecule has 0 fully saturated rings. The van der Waals surface area contributed by atoms with Crippen molar-refractivity contribution >= 4 is 34.4 Å². The van der Waals surface area contributed by atoms with Crippen LogP contribution in [-0.2, 0) is 25.7 Å². The highest BCUT2D eigenvalue weighted by Gasteiger charge is 2.15. The van der Waals surface area contributed by atoms with Crippen LogP contribution in [0.1, 0.15) is 138 Å². The minimum Gasteiger partial charge on any atom is -0.251 e. The summed E-state index contributed by atoms with van der Waals surface area (Å²) >= 11 is 6.73. The number of aromatic nitrogens is 1. The van der Waals surface area contributed by atoms with E-state index in [4.69, 9.17) is 26.6 Å². The fourth-order valence-electron chi connectivity index (χ4n) is 5.70. The molecule has 0 atom stereocenters. The summed E-state index contributed by atoms with van der Waals surface area (Å²) in [5.41, 5.74) is 13.6. The van der Waals surface area contributed by atoms with E-state index in [1.54, 1.807) is 0 Å². The molecule has 0 saturated carbocycles. The monoisotopic (exact) mass is 599 g/mol. The number of pyridine rings is 1. The molecule has 3 nitrogen and oxygen atoms in total. The summed E-state index contributed by atoms with van der Waals surface area (Å²) in [6.07, 6.45) is 13.5. The van der Waals surface area contributed by atoms with Gasteiger partial charge in [0.2, 0.25) is 0 Å². The van der Waals surface area contributed by atoms with Gasteiger partial charge in [-0.05, 0) is 113 Å². The summed E-state index contributed by atoms with van der Waals surface area (Å²) in [4.78, 5) is 15.6. The highest BCUT2D eigenvalue weighted by Crippen LogP contribution is 2.32. The Morgan fingerprint density at radius 3 is 1.14 bits per heavy atom. The van der Waals surface area contributed by atoms with E-state index in [9.17, 15) is 0 Å². The van der Waals surface area contributed by atoms with Gasteiger partial charge in [0.25, 0.3) is 0 Å². The number of unbranched alkanes of at least 4 members (excludes halogenated alkanes) is 4. The van der Waals surface area contributed by atoms with Crippen LogP contribution in [0.25, 0.3) is 0 Å². The van der Waals surface area contributed by atoms with E-state index >= 15 is 0 Å². The van der Waals surface area contributed by atoms with Crippen molar-refractivity contribution in [1.82, 2.24) is 4.98 Å². The standard InChI is InChI=1S/C39H54ClN3/c1-9-13-17-31-21-27(5)22-32(18-14-10-2)38(31)41-29(7)36-25-35(40)26-37(43-36)30(8)42-39-33(19-15-11-3)23-28(6)24-34(39)20-16-12-4/h21-26H,9-20H2,1-8H3. The van der Waals surface area contributed by atoms with Crippen LogP contribution in [0.5, 0.6) is 0 Å². The molecule has 43 heavy (non-hydrogen) atoms. The minimum atomic E-state index is 0.659. The number of nitrogens with zero attached hydrogens (tertiary/aromatic N) is 3. The normalized spacial score (nSPS) is 12.3. The van der Waals surface area contributed by atoms with Gasteiger partial charge in [-0.15, -0.1) is 0 Å². The average Bonchev–Trinajstić information content (AvgIpc) is 2.98. The van der Waals surface area contributed by atoms with Gasteiger partial charge >= 0.3 is 0 Å². The quantitative estimate of drug-likeness (QED) is 0.151. The predicted octanol–water partition coefficient (Wildman–Crippen LogP) is 12.0. The van der Waals surface area contributed by atoms with Crippen molar-refractivity contribution in [3.05, 3.63) is 86.2 Å². The fourth-order valence-corrected chi connectivity index (χ4v) is 5.91. The van der Waals surface area contributed by atoms with Gasteiger partial charge in [0, 0.05) is 5.02 Å². The molecule has 3 aromatic rings. The van der Waals surface area contributed by atoms with E-state index < -0.39 is 0 Å². The Balaban J connectivity index is 2.10. The molecule has 0 saturated heterocycles. The topological polar surface area (TPSA) is 37.6 Å². The summed E-state index contributed by atoms with van der Waals surface area (Å²) < 4.78 is 0. The van der Waals surface area contributed by atoms with Crippen LogP contribution in [0.4, 0.5) is 11.4 Å². The molecule has 232 valence electrons. The van der Waals surface area contributed by atoms with Crippen molar-refractivity contribution in [3.8, 4) is 0 Å². The zero-order chi connectivity index (χ0) is 31.4.